The molecule has 0 saturated carbocycles. The summed E-state index contributed by atoms with van der Waals surface area (Å²) in [6.45, 7) is 0. The van der Waals surface area contributed by atoms with Gasteiger partial charge in [-0.25, -0.2) is 4.79 Å². The molecule has 0 fully saturated rings. The molecular formula is C26H21NO4. The summed E-state index contributed by atoms with van der Waals surface area (Å²) < 4.78 is 12.1. The van der Waals surface area contributed by atoms with Gasteiger partial charge < -0.3 is 14.0 Å². The number of carbonyl (C=O) groups is 2. The van der Waals surface area contributed by atoms with Crippen LogP contribution in [0.15, 0.2) is 84.9 Å². The molecule has 5 nitrogen and oxygen atoms in total. The first-order valence-electron chi connectivity index (χ1n) is 9.76. The number of carbonyl (C=O) groups excluding carboxylic acids is 2. The van der Waals surface area contributed by atoms with Gasteiger partial charge in [-0.2, -0.15) is 0 Å². The van der Waals surface area contributed by atoms with E-state index in [1.807, 2.05) is 71.3 Å². The van der Waals surface area contributed by atoms with Gasteiger partial charge in [-0.05, 0) is 53.6 Å². The maximum atomic E-state index is 12.5. The lowest BCUT2D eigenvalue weighted by molar-refractivity contribution is 0.0600. The molecule has 0 radical (unpaired) electrons. The summed E-state index contributed by atoms with van der Waals surface area (Å²) >= 11 is 0. The molecule has 4 aromatic rings. The van der Waals surface area contributed by atoms with E-state index in [-0.39, 0.29) is 0 Å². The van der Waals surface area contributed by atoms with Crippen LogP contribution in [0.25, 0.3) is 28.1 Å². The lowest BCUT2D eigenvalue weighted by Crippen LogP contribution is -2.10. The molecular weight excluding hydrogens is 390 g/mol. The first-order chi connectivity index (χ1) is 15.2. The maximum Gasteiger partial charge on any atom is 0.339 e. The van der Waals surface area contributed by atoms with E-state index in [0.717, 1.165) is 34.4 Å². The van der Waals surface area contributed by atoms with E-state index in [1.54, 1.807) is 25.3 Å². The van der Waals surface area contributed by atoms with E-state index in [0.29, 0.717) is 16.9 Å². The fraction of sp³-hybridized carbons (Fsp3) is 0.0769. The number of aldehydes is 1. The van der Waals surface area contributed by atoms with Crippen molar-refractivity contribution in [1.29, 1.82) is 0 Å². The molecule has 1 aromatic heterocycles. The van der Waals surface area contributed by atoms with Gasteiger partial charge >= 0.3 is 5.97 Å². The summed E-state index contributed by atoms with van der Waals surface area (Å²) in [5, 5.41) is 0. The van der Waals surface area contributed by atoms with Crippen molar-refractivity contribution in [1.82, 2.24) is 4.57 Å². The summed E-state index contributed by atoms with van der Waals surface area (Å²) in [4.78, 5) is 24.6. The first kappa shape index (κ1) is 20.2. The molecule has 4 rings (SSSR count). The SMILES string of the molecule is COC(=O)c1ccccc1-n1c(C=O)cc(-c2ccccc2)c1-c1ccc(OC)cc1. The van der Waals surface area contributed by atoms with Crippen molar-refractivity contribution >= 4 is 12.3 Å². The maximum absolute atomic E-state index is 12.5. The van der Waals surface area contributed by atoms with Crippen molar-refractivity contribution in [3.63, 3.8) is 0 Å². The number of para-hydroxylation sites is 1. The first-order valence-corrected chi connectivity index (χ1v) is 9.76. The molecule has 0 amide bonds. The second-order valence-electron chi connectivity index (χ2n) is 6.89. The van der Waals surface area contributed by atoms with Gasteiger partial charge in [-0.3, -0.25) is 4.79 Å². The van der Waals surface area contributed by atoms with Crippen molar-refractivity contribution in [3.05, 3.63) is 96.2 Å². The van der Waals surface area contributed by atoms with Crippen LogP contribution in [0.2, 0.25) is 0 Å². The monoisotopic (exact) mass is 411 g/mol. The smallest absolute Gasteiger partial charge is 0.339 e. The van der Waals surface area contributed by atoms with Gasteiger partial charge in [0.1, 0.15) is 5.75 Å². The second kappa shape index (κ2) is 8.71. The van der Waals surface area contributed by atoms with Crippen LogP contribution in [0.1, 0.15) is 20.8 Å². The van der Waals surface area contributed by atoms with Crippen molar-refractivity contribution in [3.8, 4) is 33.8 Å². The van der Waals surface area contributed by atoms with Crippen LogP contribution in [-0.4, -0.2) is 31.0 Å². The predicted molar refractivity (Wildman–Crippen MR) is 120 cm³/mol. The van der Waals surface area contributed by atoms with Crippen LogP contribution in [0, 0.1) is 0 Å². The van der Waals surface area contributed by atoms with Crippen molar-refractivity contribution in [2.75, 3.05) is 14.2 Å². The highest BCUT2D eigenvalue weighted by molar-refractivity contribution is 5.96. The number of hydrogen-bond donors (Lipinski definition) is 0. The number of rotatable bonds is 6. The summed E-state index contributed by atoms with van der Waals surface area (Å²) in [5.41, 5.74) is 4.90. The number of aromatic nitrogens is 1. The highest BCUT2D eigenvalue weighted by Gasteiger charge is 2.22. The number of ether oxygens (including phenoxy) is 2. The molecule has 0 N–H and O–H groups in total. The Labute approximate surface area is 180 Å². The number of methoxy groups -OCH3 is 2. The average Bonchev–Trinajstić information content (AvgIpc) is 3.23. The Morgan fingerprint density at radius 3 is 2.16 bits per heavy atom. The molecule has 3 aromatic carbocycles. The molecule has 0 aliphatic carbocycles. The highest BCUT2D eigenvalue weighted by Crippen LogP contribution is 2.38. The fourth-order valence-corrected chi connectivity index (χ4v) is 3.70. The number of esters is 1. The zero-order chi connectivity index (χ0) is 21.8. The Morgan fingerprint density at radius 1 is 0.839 bits per heavy atom. The minimum absolute atomic E-state index is 0.373. The topological polar surface area (TPSA) is 57.5 Å². The average molecular weight is 411 g/mol. The van der Waals surface area contributed by atoms with Crippen molar-refractivity contribution < 1.29 is 19.1 Å². The summed E-state index contributed by atoms with van der Waals surface area (Å²) in [6.07, 6.45) is 0.799. The lowest BCUT2D eigenvalue weighted by atomic mass is 10.0. The van der Waals surface area contributed by atoms with Gasteiger partial charge in [0.15, 0.2) is 6.29 Å². The number of hydrogen-bond acceptors (Lipinski definition) is 4. The van der Waals surface area contributed by atoms with E-state index < -0.39 is 5.97 Å². The highest BCUT2D eigenvalue weighted by atomic mass is 16.5. The predicted octanol–water partition coefficient (Wildman–Crippen LogP) is 5.42. The Bertz CT molecular complexity index is 1220. The van der Waals surface area contributed by atoms with Gasteiger partial charge in [0.25, 0.3) is 0 Å². The van der Waals surface area contributed by atoms with E-state index in [1.165, 1.54) is 7.11 Å². The number of benzene rings is 3. The van der Waals surface area contributed by atoms with E-state index >= 15 is 0 Å². The van der Waals surface area contributed by atoms with E-state index in [2.05, 4.69) is 0 Å². The van der Waals surface area contributed by atoms with Crippen LogP contribution in [0.5, 0.6) is 5.75 Å². The quantitative estimate of drug-likeness (QED) is 0.314. The Kier molecular flexibility index (Phi) is 5.67. The standard InChI is InChI=1S/C26H21NO4/c1-30-21-14-12-19(13-15-21)25-23(18-8-4-3-5-9-18)16-20(17-28)27(25)24-11-7-6-10-22(24)26(29)31-2/h3-17H,1-2H3. The minimum Gasteiger partial charge on any atom is -0.497 e. The second-order valence-corrected chi connectivity index (χ2v) is 6.89. The van der Waals surface area contributed by atoms with Gasteiger partial charge in [0.2, 0.25) is 0 Å². The van der Waals surface area contributed by atoms with Gasteiger partial charge in [0.05, 0.1) is 36.9 Å². The van der Waals surface area contributed by atoms with Crippen LogP contribution >= 0.6 is 0 Å². The molecule has 0 bridgehead atoms. The van der Waals surface area contributed by atoms with Crippen LogP contribution in [0.3, 0.4) is 0 Å². The molecule has 31 heavy (non-hydrogen) atoms. The van der Waals surface area contributed by atoms with Crippen molar-refractivity contribution in [2.45, 2.75) is 0 Å². The molecule has 0 atom stereocenters. The molecule has 154 valence electrons. The van der Waals surface area contributed by atoms with Crippen molar-refractivity contribution in [2.24, 2.45) is 0 Å². The Morgan fingerprint density at radius 2 is 1.52 bits per heavy atom. The molecule has 5 heteroatoms. The summed E-state index contributed by atoms with van der Waals surface area (Å²) in [5.74, 6) is 0.261. The number of nitrogens with zero attached hydrogens (tertiary/aromatic N) is 1. The van der Waals surface area contributed by atoms with Crippen LogP contribution in [-0.2, 0) is 4.74 Å². The molecule has 0 saturated heterocycles. The third-order valence-electron chi connectivity index (χ3n) is 5.15. The third kappa shape index (κ3) is 3.73. The normalized spacial score (nSPS) is 10.5. The fourth-order valence-electron chi connectivity index (χ4n) is 3.70. The largest absolute Gasteiger partial charge is 0.497 e. The van der Waals surface area contributed by atoms with Crippen LogP contribution < -0.4 is 4.74 Å². The van der Waals surface area contributed by atoms with Gasteiger partial charge in [0, 0.05) is 5.56 Å². The zero-order valence-corrected chi connectivity index (χ0v) is 17.2. The molecule has 0 aliphatic rings. The third-order valence-corrected chi connectivity index (χ3v) is 5.15. The Balaban J connectivity index is 2.07. The molecule has 0 spiro atoms. The summed E-state index contributed by atoms with van der Waals surface area (Å²) in [6, 6.07) is 26.4. The van der Waals surface area contributed by atoms with Crippen LogP contribution in [0.4, 0.5) is 0 Å². The van der Waals surface area contributed by atoms with Gasteiger partial charge in [-0.15, -0.1) is 0 Å². The zero-order valence-electron chi connectivity index (χ0n) is 17.2. The molecule has 1 heterocycles. The van der Waals surface area contributed by atoms with E-state index in [4.69, 9.17) is 9.47 Å². The van der Waals surface area contributed by atoms with Gasteiger partial charge in [-0.1, -0.05) is 42.5 Å². The lowest BCUT2D eigenvalue weighted by Gasteiger charge is -2.16. The Hall–Kier alpha value is -4.12. The molecule has 0 aliphatic heterocycles. The molecule has 0 unspecified atom stereocenters. The minimum atomic E-state index is -0.469. The van der Waals surface area contributed by atoms with E-state index in [9.17, 15) is 9.59 Å². The summed E-state index contributed by atoms with van der Waals surface area (Å²) in [7, 11) is 2.96.